The molecule has 0 unspecified atom stereocenters. The molecule has 0 radical (unpaired) electrons. The highest BCUT2D eigenvalue weighted by Crippen LogP contribution is 2.39. The number of amides is 1. The molecule has 200 valence electrons. The number of hydrogen-bond donors (Lipinski definition) is 3. The summed E-state index contributed by atoms with van der Waals surface area (Å²) < 4.78 is 29.7. The molecule has 0 spiro atoms. The minimum Gasteiger partial charge on any atom is -0.441 e. The lowest BCUT2D eigenvalue weighted by atomic mass is 10.1. The zero-order valence-corrected chi connectivity index (χ0v) is 21.0. The van der Waals surface area contributed by atoms with Crippen LogP contribution in [0, 0.1) is 11.3 Å². The van der Waals surface area contributed by atoms with Crippen molar-refractivity contribution in [1.29, 1.82) is 5.26 Å². The second kappa shape index (κ2) is 8.77. The van der Waals surface area contributed by atoms with Crippen LogP contribution < -0.4 is 10.6 Å². The van der Waals surface area contributed by atoms with E-state index in [2.05, 4.69) is 42.0 Å². The Hall–Kier alpha value is -4.51. The van der Waals surface area contributed by atoms with E-state index < -0.39 is 24.5 Å². The fourth-order valence-corrected chi connectivity index (χ4v) is 4.77. The van der Waals surface area contributed by atoms with E-state index in [1.807, 2.05) is 17.7 Å². The van der Waals surface area contributed by atoms with Gasteiger partial charge >= 0.3 is 6.09 Å². The van der Waals surface area contributed by atoms with Crippen LogP contribution >= 0.6 is 0 Å². The molecule has 1 saturated heterocycles. The number of nitrogens with one attached hydrogen (secondary N) is 3. The van der Waals surface area contributed by atoms with Gasteiger partial charge in [-0.15, -0.1) is 0 Å². The number of nitrogens with zero attached hydrogens (tertiary/aromatic N) is 7. The average molecular weight is 533 g/mol. The van der Waals surface area contributed by atoms with Gasteiger partial charge in [0.1, 0.15) is 12.2 Å². The van der Waals surface area contributed by atoms with Gasteiger partial charge in [-0.2, -0.15) is 15.5 Å². The fourth-order valence-electron chi connectivity index (χ4n) is 4.77. The molecule has 0 bridgehead atoms. The first-order chi connectivity index (χ1) is 18.9. The topological polar surface area (TPSA) is 160 Å². The first kappa shape index (κ1) is 23.6. The SMILES string of the molecule is CC1(NC(=O)O[C@@H]2CO[C@H](c3cc(Nc4ncc(-c5ccnn5C5CC5)c5nc(C#N)cn45)n[nH]3)[C@@H]2F)CC1. The second-order valence-corrected chi connectivity index (χ2v) is 10.5. The summed E-state index contributed by atoms with van der Waals surface area (Å²) in [5, 5.41) is 26.8. The number of H-pyrrole nitrogens is 1. The van der Waals surface area contributed by atoms with E-state index in [0.717, 1.165) is 36.9 Å². The number of alkyl carbamates (subject to hydrolysis) is 1. The molecule has 2 aliphatic carbocycles. The summed E-state index contributed by atoms with van der Waals surface area (Å²) in [6.07, 6.45) is 4.70. The molecule has 3 atom stereocenters. The van der Waals surface area contributed by atoms with E-state index >= 15 is 4.39 Å². The normalized spacial score (nSPS) is 23.5. The number of imidazole rings is 1. The summed E-state index contributed by atoms with van der Waals surface area (Å²) in [4.78, 5) is 21.2. The van der Waals surface area contributed by atoms with Crippen molar-refractivity contribution in [3.63, 3.8) is 0 Å². The molecule has 3 fully saturated rings. The van der Waals surface area contributed by atoms with Crippen LogP contribution in [0.3, 0.4) is 0 Å². The van der Waals surface area contributed by atoms with Crippen LogP contribution in [0.2, 0.25) is 0 Å². The van der Waals surface area contributed by atoms with E-state index in [-0.39, 0.29) is 17.8 Å². The molecule has 14 heteroatoms. The molecule has 13 nitrogen and oxygen atoms in total. The predicted octanol–water partition coefficient (Wildman–Crippen LogP) is 3.32. The van der Waals surface area contributed by atoms with Crippen LogP contribution in [0.1, 0.15) is 56.1 Å². The highest BCUT2D eigenvalue weighted by atomic mass is 19.1. The molecular weight excluding hydrogens is 507 g/mol. The van der Waals surface area contributed by atoms with Gasteiger partial charge in [-0.3, -0.25) is 14.2 Å². The van der Waals surface area contributed by atoms with Crippen molar-refractivity contribution in [3.8, 4) is 17.3 Å². The first-order valence-electron chi connectivity index (χ1n) is 12.8. The maximum Gasteiger partial charge on any atom is 0.408 e. The van der Waals surface area contributed by atoms with E-state index in [9.17, 15) is 10.1 Å². The Labute approximate surface area is 221 Å². The van der Waals surface area contributed by atoms with Crippen molar-refractivity contribution < 1.29 is 18.7 Å². The summed E-state index contributed by atoms with van der Waals surface area (Å²) in [6, 6.07) is 5.95. The van der Waals surface area contributed by atoms with E-state index in [4.69, 9.17) is 9.47 Å². The number of fused-ring (bicyclic) bond motifs is 1. The van der Waals surface area contributed by atoms with E-state index in [0.29, 0.717) is 29.1 Å². The van der Waals surface area contributed by atoms with Crippen molar-refractivity contribution in [2.75, 3.05) is 11.9 Å². The number of aromatic amines is 1. The number of carbonyl (C=O) groups is 1. The number of anilines is 2. The molecule has 4 aromatic rings. The molecule has 2 saturated carbocycles. The molecular formula is C25H25FN10O3. The standard InChI is InChI=1S/C25H25FN10O3/c1-25(5-6-25)32-24(37)39-18-12-38-21(20(18)26)16-8-19(34-33-16)31-23-28-10-15(22-30-13(9-27)11-35(22)23)17-4-7-29-36(17)14-2-3-14/h4,7-8,10-11,14,18,20-21H,2-3,5-6,12H2,1H3,(H,32,37)(H2,28,31,33,34)/t18-,20-,21-/m1/s1. The van der Waals surface area contributed by atoms with Gasteiger partial charge in [0.2, 0.25) is 5.95 Å². The Balaban J connectivity index is 1.10. The Bertz CT molecular complexity index is 1610. The van der Waals surface area contributed by atoms with Crippen molar-refractivity contribution in [2.45, 2.75) is 62.6 Å². The van der Waals surface area contributed by atoms with E-state index in [1.165, 1.54) is 0 Å². The summed E-state index contributed by atoms with van der Waals surface area (Å²) in [5.74, 6) is 0.732. The largest absolute Gasteiger partial charge is 0.441 e. The maximum absolute atomic E-state index is 15.1. The zero-order valence-electron chi connectivity index (χ0n) is 21.0. The number of halogens is 1. The molecule has 1 aliphatic heterocycles. The second-order valence-electron chi connectivity index (χ2n) is 10.5. The van der Waals surface area contributed by atoms with Crippen molar-refractivity contribution in [1.82, 2.24) is 39.7 Å². The third-order valence-electron chi connectivity index (χ3n) is 7.34. The van der Waals surface area contributed by atoms with Crippen molar-refractivity contribution in [2.24, 2.45) is 0 Å². The molecule has 39 heavy (non-hydrogen) atoms. The molecule has 3 N–H and O–H groups in total. The number of alkyl halides is 1. The van der Waals surface area contributed by atoms with Crippen LogP contribution in [-0.2, 0) is 9.47 Å². The minimum absolute atomic E-state index is 0.0647. The summed E-state index contributed by atoms with van der Waals surface area (Å²) >= 11 is 0. The lowest BCUT2D eigenvalue weighted by Crippen LogP contribution is -2.39. The van der Waals surface area contributed by atoms with Gasteiger partial charge in [-0.05, 0) is 38.7 Å². The molecule has 7 rings (SSSR count). The number of hydrogen-bond acceptors (Lipinski definition) is 9. The van der Waals surface area contributed by atoms with Gasteiger partial charge in [-0.25, -0.2) is 19.2 Å². The molecule has 1 amide bonds. The van der Waals surface area contributed by atoms with Gasteiger partial charge in [0, 0.05) is 24.0 Å². The Morgan fingerprint density at radius 1 is 1.38 bits per heavy atom. The van der Waals surface area contributed by atoms with Gasteiger partial charge in [-0.1, -0.05) is 0 Å². The molecule has 5 heterocycles. The monoisotopic (exact) mass is 532 g/mol. The van der Waals surface area contributed by atoms with Crippen molar-refractivity contribution in [3.05, 3.63) is 42.1 Å². The van der Waals surface area contributed by atoms with Gasteiger partial charge in [0.25, 0.3) is 0 Å². The summed E-state index contributed by atoms with van der Waals surface area (Å²) in [7, 11) is 0. The third-order valence-corrected chi connectivity index (χ3v) is 7.34. The van der Waals surface area contributed by atoms with Crippen molar-refractivity contribution >= 4 is 23.5 Å². The van der Waals surface area contributed by atoms with Crippen LogP contribution in [0.5, 0.6) is 0 Å². The minimum atomic E-state index is -1.57. The predicted molar refractivity (Wildman–Crippen MR) is 134 cm³/mol. The van der Waals surface area contributed by atoms with Crippen LogP contribution in [0.15, 0.2) is 30.7 Å². The maximum atomic E-state index is 15.1. The average Bonchev–Trinajstić information content (AvgIpc) is 3.59. The number of nitriles is 1. The summed E-state index contributed by atoms with van der Waals surface area (Å²) in [5.41, 5.74) is 2.53. The number of aromatic nitrogens is 7. The smallest absolute Gasteiger partial charge is 0.408 e. The molecule has 3 aliphatic rings. The number of carbonyl (C=O) groups excluding carboxylic acids is 1. The Kier molecular flexibility index (Phi) is 5.31. The van der Waals surface area contributed by atoms with Crippen LogP contribution in [-0.4, -0.2) is 64.9 Å². The van der Waals surface area contributed by atoms with Crippen LogP contribution in [0.25, 0.3) is 16.9 Å². The Morgan fingerprint density at radius 3 is 3.00 bits per heavy atom. The van der Waals surface area contributed by atoms with E-state index in [1.54, 1.807) is 29.1 Å². The van der Waals surface area contributed by atoms with Gasteiger partial charge < -0.3 is 20.1 Å². The zero-order chi connectivity index (χ0) is 26.7. The fraction of sp³-hybridized carbons (Fsp3) is 0.440. The highest BCUT2D eigenvalue weighted by molar-refractivity contribution is 5.77. The highest BCUT2D eigenvalue weighted by Gasteiger charge is 2.44. The van der Waals surface area contributed by atoms with Crippen LogP contribution in [0.4, 0.5) is 21.0 Å². The first-order valence-corrected chi connectivity index (χ1v) is 12.8. The van der Waals surface area contributed by atoms with Gasteiger partial charge in [0.15, 0.2) is 29.4 Å². The molecule has 4 aromatic heterocycles. The summed E-state index contributed by atoms with van der Waals surface area (Å²) in [6.45, 7) is 1.85. The molecule has 0 aromatic carbocycles. The number of rotatable bonds is 7. The van der Waals surface area contributed by atoms with Gasteiger partial charge in [0.05, 0.1) is 35.8 Å². The quantitative estimate of drug-likeness (QED) is 0.324. The lowest BCUT2D eigenvalue weighted by Gasteiger charge is -2.17. The number of ether oxygens (including phenoxy) is 2. The lowest BCUT2D eigenvalue weighted by molar-refractivity contribution is 0.0604. The third kappa shape index (κ3) is 4.34. The Morgan fingerprint density at radius 2 is 2.23 bits per heavy atom.